The maximum atomic E-state index is 12.4. The zero-order valence-electron chi connectivity index (χ0n) is 11.8. The van der Waals surface area contributed by atoms with Crippen molar-refractivity contribution in [3.05, 3.63) is 64.2 Å². The van der Waals surface area contributed by atoms with E-state index in [1.807, 2.05) is 13.0 Å². The smallest absolute Gasteiger partial charge is 0.186 e. The standard InChI is InChI=1S/C16H15ClO3S/c1-11-3-4-12(2)16(9-11)21(19,20)10-15(18)13-5-7-14(17)8-6-13/h3-9H,10H2,1-2H3. The first-order valence-electron chi connectivity index (χ1n) is 6.38. The Morgan fingerprint density at radius 3 is 2.29 bits per heavy atom. The van der Waals surface area contributed by atoms with Gasteiger partial charge in [-0.1, -0.05) is 23.7 Å². The highest BCUT2D eigenvalue weighted by Crippen LogP contribution is 2.19. The molecule has 3 nitrogen and oxygen atoms in total. The van der Waals surface area contributed by atoms with E-state index in [4.69, 9.17) is 11.6 Å². The summed E-state index contributed by atoms with van der Waals surface area (Å²) >= 11 is 5.75. The van der Waals surface area contributed by atoms with E-state index in [0.29, 0.717) is 16.1 Å². The number of Topliss-reactive ketones (excluding diaryl/α,β-unsaturated/α-hetero) is 1. The van der Waals surface area contributed by atoms with E-state index < -0.39 is 21.4 Å². The van der Waals surface area contributed by atoms with E-state index in [-0.39, 0.29) is 4.90 Å². The molecule has 0 saturated heterocycles. The molecule has 0 spiro atoms. The summed E-state index contributed by atoms with van der Waals surface area (Å²) in [5.41, 5.74) is 1.83. The minimum atomic E-state index is -3.65. The van der Waals surface area contributed by atoms with Crippen molar-refractivity contribution >= 4 is 27.2 Å². The van der Waals surface area contributed by atoms with Gasteiger partial charge in [-0.05, 0) is 55.3 Å². The van der Waals surface area contributed by atoms with Crippen molar-refractivity contribution in [3.8, 4) is 0 Å². The number of hydrogen-bond acceptors (Lipinski definition) is 3. The van der Waals surface area contributed by atoms with Gasteiger partial charge < -0.3 is 0 Å². The van der Waals surface area contributed by atoms with Gasteiger partial charge in [0.15, 0.2) is 15.6 Å². The quantitative estimate of drug-likeness (QED) is 0.808. The number of carbonyl (C=O) groups excluding carboxylic acids is 1. The number of halogens is 1. The van der Waals surface area contributed by atoms with E-state index in [9.17, 15) is 13.2 Å². The maximum Gasteiger partial charge on any atom is 0.186 e. The number of aryl methyl sites for hydroxylation is 2. The van der Waals surface area contributed by atoms with Crippen LogP contribution in [0.15, 0.2) is 47.4 Å². The summed E-state index contributed by atoms with van der Waals surface area (Å²) in [7, 11) is -3.65. The predicted molar refractivity (Wildman–Crippen MR) is 83.8 cm³/mol. The summed E-state index contributed by atoms with van der Waals surface area (Å²) in [5.74, 6) is -0.980. The monoisotopic (exact) mass is 322 g/mol. The van der Waals surface area contributed by atoms with Gasteiger partial charge in [0.1, 0.15) is 5.75 Å². The van der Waals surface area contributed by atoms with Gasteiger partial charge in [0.05, 0.1) is 4.90 Å². The normalized spacial score (nSPS) is 11.4. The number of benzene rings is 2. The van der Waals surface area contributed by atoms with Gasteiger partial charge in [0.25, 0.3) is 0 Å². The molecule has 0 aliphatic carbocycles. The molecule has 2 aromatic rings. The van der Waals surface area contributed by atoms with Gasteiger partial charge in [0.2, 0.25) is 0 Å². The largest absolute Gasteiger partial charge is 0.293 e. The molecule has 2 rings (SSSR count). The Hall–Kier alpha value is -1.65. The average Bonchev–Trinajstić information content (AvgIpc) is 2.41. The first-order chi connectivity index (χ1) is 9.79. The van der Waals surface area contributed by atoms with Gasteiger partial charge in [0, 0.05) is 10.6 Å². The fraction of sp³-hybridized carbons (Fsp3) is 0.188. The summed E-state index contributed by atoms with van der Waals surface area (Å²) in [6, 6.07) is 11.4. The molecule has 0 bridgehead atoms. The highest BCUT2D eigenvalue weighted by molar-refractivity contribution is 7.92. The molecule has 21 heavy (non-hydrogen) atoms. The summed E-state index contributed by atoms with van der Waals surface area (Å²) < 4.78 is 24.8. The lowest BCUT2D eigenvalue weighted by Gasteiger charge is -2.08. The Morgan fingerprint density at radius 1 is 1.05 bits per heavy atom. The Labute approximate surface area is 129 Å². The molecule has 0 amide bonds. The van der Waals surface area contributed by atoms with Gasteiger partial charge >= 0.3 is 0 Å². The SMILES string of the molecule is Cc1ccc(C)c(S(=O)(=O)CC(=O)c2ccc(Cl)cc2)c1. The predicted octanol–water partition coefficient (Wildman–Crippen LogP) is 3.61. The maximum absolute atomic E-state index is 12.4. The first-order valence-corrected chi connectivity index (χ1v) is 8.41. The number of sulfone groups is 1. The van der Waals surface area contributed by atoms with Gasteiger partial charge in [-0.25, -0.2) is 8.42 Å². The lowest BCUT2D eigenvalue weighted by Crippen LogP contribution is -2.17. The molecule has 0 fully saturated rings. The van der Waals surface area contributed by atoms with Gasteiger partial charge in [-0.2, -0.15) is 0 Å². The minimum absolute atomic E-state index is 0.213. The Balaban J connectivity index is 2.31. The molecule has 0 aliphatic heterocycles. The van der Waals surface area contributed by atoms with Crippen LogP contribution in [-0.2, 0) is 9.84 Å². The van der Waals surface area contributed by atoms with Crippen LogP contribution >= 0.6 is 11.6 Å². The van der Waals surface area contributed by atoms with Crippen LogP contribution in [0, 0.1) is 13.8 Å². The molecular formula is C16H15ClO3S. The fourth-order valence-corrected chi connectivity index (χ4v) is 3.73. The molecule has 5 heteroatoms. The van der Waals surface area contributed by atoms with Crippen LogP contribution in [0.4, 0.5) is 0 Å². The van der Waals surface area contributed by atoms with Crippen LogP contribution in [0.1, 0.15) is 21.5 Å². The van der Waals surface area contributed by atoms with Crippen molar-refractivity contribution in [1.29, 1.82) is 0 Å². The second kappa shape index (κ2) is 6.00. The van der Waals surface area contributed by atoms with Crippen LogP contribution in [-0.4, -0.2) is 20.0 Å². The topological polar surface area (TPSA) is 51.2 Å². The minimum Gasteiger partial charge on any atom is -0.293 e. The van der Waals surface area contributed by atoms with Crippen LogP contribution in [0.5, 0.6) is 0 Å². The lowest BCUT2D eigenvalue weighted by atomic mass is 10.1. The summed E-state index contributed by atoms with van der Waals surface area (Å²) in [5, 5.41) is 0.504. The van der Waals surface area contributed by atoms with E-state index in [1.54, 1.807) is 31.2 Å². The Morgan fingerprint density at radius 2 is 1.67 bits per heavy atom. The van der Waals surface area contributed by atoms with Crippen molar-refractivity contribution in [3.63, 3.8) is 0 Å². The molecule has 0 unspecified atom stereocenters. The van der Waals surface area contributed by atoms with Crippen molar-refractivity contribution in [2.24, 2.45) is 0 Å². The molecular weight excluding hydrogens is 308 g/mol. The number of hydrogen-bond donors (Lipinski definition) is 0. The Bertz CT molecular complexity index is 778. The molecule has 0 heterocycles. The summed E-state index contributed by atoms with van der Waals surface area (Å²) in [6.07, 6.45) is 0. The fourth-order valence-electron chi connectivity index (χ4n) is 2.01. The third-order valence-corrected chi connectivity index (χ3v) is 5.17. The average molecular weight is 323 g/mol. The second-order valence-corrected chi connectivity index (χ2v) is 7.35. The van der Waals surface area contributed by atoms with Crippen molar-refractivity contribution < 1.29 is 13.2 Å². The zero-order valence-corrected chi connectivity index (χ0v) is 13.3. The van der Waals surface area contributed by atoms with E-state index in [1.165, 1.54) is 12.1 Å². The van der Waals surface area contributed by atoms with Crippen LogP contribution < -0.4 is 0 Å². The first kappa shape index (κ1) is 15.7. The van der Waals surface area contributed by atoms with Crippen molar-refractivity contribution in [2.45, 2.75) is 18.7 Å². The van der Waals surface area contributed by atoms with Crippen molar-refractivity contribution in [2.75, 3.05) is 5.75 Å². The number of carbonyl (C=O) groups is 1. The molecule has 0 radical (unpaired) electrons. The second-order valence-electron chi connectivity index (χ2n) is 4.96. The molecule has 0 N–H and O–H groups in total. The number of ketones is 1. The molecule has 110 valence electrons. The zero-order chi connectivity index (χ0) is 15.6. The molecule has 0 aliphatic rings. The third kappa shape index (κ3) is 3.71. The summed E-state index contributed by atoms with van der Waals surface area (Å²) in [6.45, 7) is 3.54. The Kier molecular flexibility index (Phi) is 4.49. The number of rotatable bonds is 4. The van der Waals surface area contributed by atoms with Crippen molar-refractivity contribution in [1.82, 2.24) is 0 Å². The van der Waals surface area contributed by atoms with Gasteiger partial charge in [-0.15, -0.1) is 0 Å². The van der Waals surface area contributed by atoms with E-state index in [2.05, 4.69) is 0 Å². The molecule has 0 atom stereocenters. The molecule has 0 aromatic heterocycles. The van der Waals surface area contributed by atoms with Crippen LogP contribution in [0.25, 0.3) is 0 Å². The lowest BCUT2D eigenvalue weighted by molar-refractivity contribution is 0.102. The highest BCUT2D eigenvalue weighted by atomic mass is 35.5. The van der Waals surface area contributed by atoms with E-state index in [0.717, 1.165) is 5.56 Å². The molecule has 0 saturated carbocycles. The van der Waals surface area contributed by atoms with Gasteiger partial charge in [-0.3, -0.25) is 4.79 Å². The molecule has 2 aromatic carbocycles. The van der Waals surface area contributed by atoms with E-state index >= 15 is 0 Å². The highest BCUT2D eigenvalue weighted by Gasteiger charge is 2.22. The van der Waals surface area contributed by atoms with Crippen LogP contribution in [0.3, 0.4) is 0 Å². The third-order valence-electron chi connectivity index (χ3n) is 3.17. The summed E-state index contributed by atoms with van der Waals surface area (Å²) in [4.78, 5) is 12.3. The van der Waals surface area contributed by atoms with Crippen LogP contribution in [0.2, 0.25) is 5.02 Å².